The summed E-state index contributed by atoms with van der Waals surface area (Å²) in [5, 5.41) is 12.4. The minimum Gasteiger partial charge on any atom is -0.392 e. The van der Waals surface area contributed by atoms with E-state index in [1.807, 2.05) is 30.3 Å². The molecule has 41 heavy (non-hydrogen) atoms. The van der Waals surface area contributed by atoms with Crippen molar-refractivity contribution in [3.63, 3.8) is 0 Å². The van der Waals surface area contributed by atoms with Gasteiger partial charge in [0.2, 0.25) is 5.91 Å². The SMILES string of the molecule is COCC1CCCN1CC1OC(c2cccc(-c3cccc(CNC(C)=O)c3)c2)OC(c2ccc(CO)cc2)C1C. The first kappa shape index (κ1) is 29.4. The van der Waals surface area contributed by atoms with Crippen LogP contribution in [0.25, 0.3) is 11.1 Å². The van der Waals surface area contributed by atoms with Crippen LogP contribution >= 0.6 is 0 Å². The number of methoxy groups -OCH3 is 1. The second-order valence-electron chi connectivity index (χ2n) is 11.3. The predicted octanol–water partition coefficient (Wildman–Crippen LogP) is 5.38. The zero-order valence-corrected chi connectivity index (χ0v) is 24.3. The van der Waals surface area contributed by atoms with Crippen LogP contribution in [0.5, 0.6) is 0 Å². The van der Waals surface area contributed by atoms with Crippen LogP contribution in [0.4, 0.5) is 0 Å². The normalized spacial score (nSPS) is 24.8. The molecule has 0 aliphatic carbocycles. The molecule has 7 heteroatoms. The van der Waals surface area contributed by atoms with Gasteiger partial charge in [-0.25, -0.2) is 0 Å². The summed E-state index contributed by atoms with van der Waals surface area (Å²) in [7, 11) is 1.77. The molecule has 218 valence electrons. The third-order valence-electron chi connectivity index (χ3n) is 8.36. The van der Waals surface area contributed by atoms with Crippen LogP contribution in [-0.4, -0.2) is 54.9 Å². The van der Waals surface area contributed by atoms with Crippen molar-refractivity contribution in [3.8, 4) is 11.1 Å². The predicted molar refractivity (Wildman–Crippen MR) is 159 cm³/mol. The lowest BCUT2D eigenvalue weighted by atomic mass is 9.89. The Kier molecular flexibility index (Phi) is 9.85. The van der Waals surface area contributed by atoms with Crippen LogP contribution < -0.4 is 5.32 Å². The van der Waals surface area contributed by atoms with Crippen LogP contribution in [0, 0.1) is 5.92 Å². The van der Waals surface area contributed by atoms with E-state index in [1.54, 1.807) is 7.11 Å². The lowest BCUT2D eigenvalue weighted by Gasteiger charge is -2.43. The largest absolute Gasteiger partial charge is 0.392 e. The van der Waals surface area contributed by atoms with Gasteiger partial charge in [-0.1, -0.05) is 67.6 Å². The molecule has 5 rings (SSSR count). The minimum absolute atomic E-state index is 0.0182. The van der Waals surface area contributed by atoms with Crippen molar-refractivity contribution >= 4 is 5.91 Å². The number of amides is 1. The van der Waals surface area contributed by atoms with Gasteiger partial charge in [0.1, 0.15) is 0 Å². The number of carbonyl (C=O) groups is 1. The molecule has 2 N–H and O–H groups in total. The van der Waals surface area contributed by atoms with E-state index < -0.39 is 6.29 Å². The molecular formula is C34H42N2O5. The Hall–Kier alpha value is -3.07. The first-order valence-electron chi connectivity index (χ1n) is 14.6. The molecule has 0 aromatic heterocycles. The number of hydrogen-bond acceptors (Lipinski definition) is 6. The Balaban J connectivity index is 1.42. The van der Waals surface area contributed by atoms with E-state index in [9.17, 15) is 9.90 Å². The fraction of sp³-hybridized carbons (Fsp3) is 0.441. The van der Waals surface area contributed by atoms with E-state index in [1.165, 1.54) is 13.3 Å². The highest BCUT2D eigenvalue weighted by Gasteiger charge is 2.40. The molecule has 2 fully saturated rings. The number of aliphatic hydroxyl groups excluding tert-OH is 1. The molecule has 2 saturated heterocycles. The molecule has 5 unspecified atom stereocenters. The van der Waals surface area contributed by atoms with Gasteiger partial charge in [-0.2, -0.15) is 0 Å². The summed E-state index contributed by atoms with van der Waals surface area (Å²) in [6.07, 6.45) is 1.61. The number of aliphatic hydroxyl groups is 1. The van der Waals surface area contributed by atoms with E-state index in [4.69, 9.17) is 14.2 Å². The van der Waals surface area contributed by atoms with E-state index in [-0.39, 0.29) is 30.6 Å². The van der Waals surface area contributed by atoms with E-state index in [0.29, 0.717) is 12.6 Å². The highest BCUT2D eigenvalue weighted by molar-refractivity contribution is 5.73. The van der Waals surface area contributed by atoms with Crippen LogP contribution in [0.3, 0.4) is 0 Å². The monoisotopic (exact) mass is 558 g/mol. The molecule has 0 spiro atoms. The van der Waals surface area contributed by atoms with Crippen molar-refractivity contribution < 1.29 is 24.1 Å². The zero-order valence-electron chi connectivity index (χ0n) is 24.3. The Labute approximate surface area is 243 Å². The summed E-state index contributed by atoms with van der Waals surface area (Å²) >= 11 is 0. The number of likely N-dealkylation sites (tertiary alicyclic amines) is 1. The maximum Gasteiger partial charge on any atom is 0.217 e. The highest BCUT2D eigenvalue weighted by atomic mass is 16.7. The number of nitrogens with zero attached hydrogens (tertiary/aromatic N) is 1. The van der Waals surface area contributed by atoms with E-state index >= 15 is 0 Å². The average molecular weight is 559 g/mol. The van der Waals surface area contributed by atoms with Crippen molar-refractivity contribution in [3.05, 3.63) is 95.1 Å². The van der Waals surface area contributed by atoms with Gasteiger partial charge in [0.25, 0.3) is 0 Å². The van der Waals surface area contributed by atoms with Gasteiger partial charge in [0.15, 0.2) is 6.29 Å². The maximum atomic E-state index is 11.4. The summed E-state index contributed by atoms with van der Waals surface area (Å²) in [4.78, 5) is 13.9. The van der Waals surface area contributed by atoms with Gasteiger partial charge in [-0.05, 0) is 59.3 Å². The molecule has 0 saturated carbocycles. The zero-order chi connectivity index (χ0) is 28.8. The first-order valence-corrected chi connectivity index (χ1v) is 14.6. The smallest absolute Gasteiger partial charge is 0.217 e. The number of benzene rings is 3. The standard InChI is InChI=1S/C34H42N2O5/c1-23-32(20-36-16-6-11-31(36)22-39-3)40-34(41-33(23)27-14-12-25(21-37)13-15-27)30-10-5-9-29(18-30)28-8-4-7-26(17-28)19-35-24(2)38/h4-5,7-10,12-15,17-18,23,31-34,37H,6,11,16,19-22H2,1-3H3,(H,35,38). The van der Waals surface area contributed by atoms with Crippen molar-refractivity contribution in [2.45, 2.75) is 64.4 Å². The summed E-state index contributed by atoms with van der Waals surface area (Å²) in [5.41, 5.74) is 6.13. The Morgan fingerprint density at radius 2 is 1.76 bits per heavy atom. The lowest BCUT2D eigenvalue weighted by Crippen LogP contribution is -2.46. The Morgan fingerprint density at radius 1 is 1.00 bits per heavy atom. The van der Waals surface area contributed by atoms with Crippen LogP contribution in [0.15, 0.2) is 72.8 Å². The molecule has 0 radical (unpaired) electrons. The maximum absolute atomic E-state index is 11.4. The van der Waals surface area contributed by atoms with E-state index in [2.05, 4.69) is 59.6 Å². The highest BCUT2D eigenvalue weighted by Crippen LogP contribution is 2.43. The fourth-order valence-electron chi connectivity index (χ4n) is 6.03. The molecule has 2 aliphatic heterocycles. The number of nitrogens with one attached hydrogen (secondary N) is 1. The quantitative estimate of drug-likeness (QED) is 0.348. The van der Waals surface area contributed by atoms with Gasteiger partial charge >= 0.3 is 0 Å². The Morgan fingerprint density at radius 3 is 2.49 bits per heavy atom. The molecule has 0 bridgehead atoms. The van der Waals surface area contributed by atoms with Crippen molar-refractivity contribution in [1.29, 1.82) is 0 Å². The first-order chi connectivity index (χ1) is 19.9. The van der Waals surface area contributed by atoms with Gasteiger partial charge in [-0.3, -0.25) is 9.69 Å². The number of rotatable bonds is 10. The topological polar surface area (TPSA) is 80.3 Å². The second kappa shape index (κ2) is 13.7. The van der Waals surface area contributed by atoms with Crippen molar-refractivity contribution in [1.82, 2.24) is 10.2 Å². The molecule has 1 amide bonds. The van der Waals surface area contributed by atoms with Crippen LogP contribution in [-0.2, 0) is 32.2 Å². The van der Waals surface area contributed by atoms with Gasteiger partial charge in [-0.15, -0.1) is 0 Å². The molecule has 3 aromatic rings. The van der Waals surface area contributed by atoms with Crippen molar-refractivity contribution in [2.75, 3.05) is 26.8 Å². The third-order valence-corrected chi connectivity index (χ3v) is 8.36. The van der Waals surface area contributed by atoms with E-state index in [0.717, 1.165) is 59.5 Å². The summed E-state index contributed by atoms with van der Waals surface area (Å²) in [5.74, 6) is 0.0828. The second-order valence-corrected chi connectivity index (χ2v) is 11.3. The summed E-state index contributed by atoms with van der Waals surface area (Å²) in [6, 6.07) is 25.0. The Bertz CT molecular complexity index is 1300. The van der Waals surface area contributed by atoms with Gasteiger partial charge in [0, 0.05) is 44.6 Å². The molecule has 2 aliphatic rings. The van der Waals surface area contributed by atoms with Gasteiger partial charge < -0.3 is 24.6 Å². The summed E-state index contributed by atoms with van der Waals surface area (Å²) < 4.78 is 19.0. The molecular weight excluding hydrogens is 516 g/mol. The molecule has 3 aromatic carbocycles. The lowest BCUT2D eigenvalue weighted by molar-refractivity contribution is -0.276. The van der Waals surface area contributed by atoms with Crippen molar-refractivity contribution in [2.24, 2.45) is 5.92 Å². The molecule has 7 nitrogen and oxygen atoms in total. The molecule has 5 atom stereocenters. The van der Waals surface area contributed by atoms with Crippen LogP contribution in [0.1, 0.15) is 61.3 Å². The van der Waals surface area contributed by atoms with Gasteiger partial charge in [0.05, 0.1) is 25.4 Å². The molecule has 2 heterocycles. The summed E-state index contributed by atoms with van der Waals surface area (Å²) in [6.45, 7) is 6.86. The number of carbonyl (C=O) groups excluding carboxylic acids is 1. The minimum atomic E-state index is -0.523. The number of hydrogen-bond donors (Lipinski definition) is 2. The average Bonchev–Trinajstić information content (AvgIpc) is 3.44. The van der Waals surface area contributed by atoms with Crippen LogP contribution in [0.2, 0.25) is 0 Å². The fourth-order valence-corrected chi connectivity index (χ4v) is 6.03. The number of ether oxygens (including phenoxy) is 3. The third kappa shape index (κ3) is 7.23.